The summed E-state index contributed by atoms with van der Waals surface area (Å²) in [5.41, 5.74) is 1.05. The smallest absolute Gasteiger partial charge is 0.117 e. The number of ether oxygens (including phenoxy) is 1. The van der Waals surface area contributed by atoms with Crippen LogP contribution in [-0.2, 0) is 4.74 Å². The normalized spacial score (nSPS) is 12.9. The zero-order valence-corrected chi connectivity index (χ0v) is 9.67. The summed E-state index contributed by atoms with van der Waals surface area (Å²) in [4.78, 5) is 0. The van der Waals surface area contributed by atoms with E-state index in [9.17, 15) is 0 Å². The van der Waals surface area contributed by atoms with Crippen LogP contribution in [0.15, 0.2) is 24.3 Å². The molecule has 1 atom stereocenters. The highest BCUT2D eigenvalue weighted by Gasteiger charge is 2.07. The number of benzene rings is 1. The largest absolute Gasteiger partial charge is 0.383 e. The molecule has 0 aliphatic heterocycles. The highest BCUT2D eigenvalue weighted by atomic mass is 32.1. The van der Waals surface area contributed by atoms with E-state index in [1.165, 1.54) is 16.9 Å². The quantitative estimate of drug-likeness (QED) is 0.863. The highest BCUT2D eigenvalue weighted by molar-refractivity contribution is 7.11. The molecule has 1 unspecified atom stereocenters. The predicted molar refractivity (Wildman–Crippen MR) is 64.6 cm³/mol. The standard InChI is InChI=1S/C11H14N2OS/c1-8(7-14-2)12-11-9-5-3-4-6-10(9)13-15-11/h3-6,8,12H,7H2,1-2H3. The Labute approximate surface area is 93.2 Å². The Bertz CT molecular complexity index is 441. The van der Waals surface area contributed by atoms with Gasteiger partial charge in [-0.05, 0) is 30.6 Å². The summed E-state index contributed by atoms with van der Waals surface area (Å²) < 4.78 is 9.46. The molecule has 2 aromatic rings. The maximum atomic E-state index is 5.09. The second kappa shape index (κ2) is 4.59. The Kier molecular flexibility index (Phi) is 3.18. The molecule has 0 radical (unpaired) electrons. The van der Waals surface area contributed by atoms with Crippen molar-refractivity contribution < 1.29 is 4.74 Å². The summed E-state index contributed by atoms with van der Waals surface area (Å²) in [5, 5.41) is 5.70. The Morgan fingerprint density at radius 3 is 3.07 bits per heavy atom. The first-order chi connectivity index (χ1) is 7.31. The van der Waals surface area contributed by atoms with Gasteiger partial charge in [-0.1, -0.05) is 12.1 Å². The average Bonchev–Trinajstić information content (AvgIpc) is 2.62. The lowest BCUT2D eigenvalue weighted by Gasteiger charge is -2.11. The van der Waals surface area contributed by atoms with Crippen molar-refractivity contribution in [1.82, 2.24) is 4.37 Å². The van der Waals surface area contributed by atoms with Crippen molar-refractivity contribution in [1.29, 1.82) is 0 Å². The molecule has 80 valence electrons. The number of hydrogen-bond donors (Lipinski definition) is 1. The monoisotopic (exact) mass is 222 g/mol. The van der Waals surface area contributed by atoms with Gasteiger partial charge in [-0.15, -0.1) is 0 Å². The minimum Gasteiger partial charge on any atom is -0.383 e. The van der Waals surface area contributed by atoms with Crippen molar-refractivity contribution in [2.24, 2.45) is 0 Å². The van der Waals surface area contributed by atoms with Gasteiger partial charge in [0.15, 0.2) is 0 Å². The minimum absolute atomic E-state index is 0.304. The van der Waals surface area contributed by atoms with E-state index in [2.05, 4.69) is 22.7 Å². The van der Waals surface area contributed by atoms with Crippen molar-refractivity contribution in [3.8, 4) is 0 Å². The molecule has 3 nitrogen and oxygen atoms in total. The van der Waals surface area contributed by atoms with E-state index in [-0.39, 0.29) is 0 Å². The number of anilines is 1. The zero-order valence-electron chi connectivity index (χ0n) is 8.86. The van der Waals surface area contributed by atoms with Gasteiger partial charge in [0.1, 0.15) is 5.00 Å². The number of nitrogens with zero attached hydrogens (tertiary/aromatic N) is 1. The lowest BCUT2D eigenvalue weighted by Crippen LogP contribution is -2.20. The molecule has 0 spiro atoms. The molecular formula is C11H14N2OS. The van der Waals surface area contributed by atoms with Gasteiger partial charge in [-0.3, -0.25) is 0 Å². The molecule has 0 fully saturated rings. The van der Waals surface area contributed by atoms with Crippen molar-refractivity contribution in [3.63, 3.8) is 0 Å². The molecule has 1 heterocycles. The molecule has 0 saturated heterocycles. The van der Waals surface area contributed by atoms with Gasteiger partial charge >= 0.3 is 0 Å². The molecule has 15 heavy (non-hydrogen) atoms. The first-order valence-corrected chi connectivity index (χ1v) is 5.68. The van der Waals surface area contributed by atoms with Crippen LogP contribution in [0.4, 0.5) is 5.00 Å². The Hall–Kier alpha value is -1.13. The van der Waals surface area contributed by atoms with E-state index in [1.807, 2.05) is 18.2 Å². The van der Waals surface area contributed by atoms with E-state index in [0.29, 0.717) is 12.6 Å². The predicted octanol–water partition coefficient (Wildman–Crippen LogP) is 2.74. The number of fused-ring (bicyclic) bond motifs is 1. The summed E-state index contributed by atoms with van der Waals surface area (Å²) in [5.74, 6) is 0. The lowest BCUT2D eigenvalue weighted by molar-refractivity contribution is 0.190. The fourth-order valence-corrected chi connectivity index (χ4v) is 2.38. The van der Waals surface area contributed by atoms with E-state index < -0.39 is 0 Å². The molecule has 2 rings (SSSR count). The number of aromatic nitrogens is 1. The van der Waals surface area contributed by atoms with Gasteiger partial charge in [-0.25, -0.2) is 0 Å². The molecule has 1 aromatic carbocycles. The van der Waals surface area contributed by atoms with Crippen LogP contribution in [0.3, 0.4) is 0 Å². The molecule has 0 aliphatic rings. The summed E-state index contributed by atoms with van der Waals surface area (Å²) in [6, 6.07) is 8.45. The first kappa shape index (κ1) is 10.4. The van der Waals surface area contributed by atoms with Crippen LogP contribution in [0.2, 0.25) is 0 Å². The van der Waals surface area contributed by atoms with E-state index in [1.54, 1.807) is 7.11 Å². The van der Waals surface area contributed by atoms with Crippen LogP contribution >= 0.6 is 11.5 Å². The van der Waals surface area contributed by atoms with Crippen molar-refractivity contribution in [2.45, 2.75) is 13.0 Å². The fourth-order valence-electron chi connectivity index (χ4n) is 1.51. The number of hydrogen-bond acceptors (Lipinski definition) is 4. The fraction of sp³-hybridized carbons (Fsp3) is 0.364. The van der Waals surface area contributed by atoms with Crippen LogP contribution < -0.4 is 5.32 Å². The van der Waals surface area contributed by atoms with Crippen molar-refractivity contribution in [3.05, 3.63) is 24.3 Å². The summed E-state index contributed by atoms with van der Waals surface area (Å²) in [6.07, 6.45) is 0. The Balaban J connectivity index is 2.21. The Morgan fingerprint density at radius 2 is 2.27 bits per heavy atom. The van der Waals surface area contributed by atoms with Crippen LogP contribution in [0.5, 0.6) is 0 Å². The van der Waals surface area contributed by atoms with Crippen LogP contribution in [-0.4, -0.2) is 24.1 Å². The highest BCUT2D eigenvalue weighted by Crippen LogP contribution is 2.27. The third-order valence-electron chi connectivity index (χ3n) is 2.18. The molecule has 0 amide bonds. The van der Waals surface area contributed by atoms with Crippen molar-refractivity contribution >= 4 is 27.4 Å². The average molecular weight is 222 g/mol. The van der Waals surface area contributed by atoms with Crippen molar-refractivity contribution in [2.75, 3.05) is 19.0 Å². The van der Waals surface area contributed by atoms with Gasteiger partial charge in [0, 0.05) is 18.5 Å². The molecule has 0 saturated carbocycles. The third-order valence-corrected chi connectivity index (χ3v) is 2.99. The molecule has 0 bridgehead atoms. The van der Waals surface area contributed by atoms with Crippen LogP contribution in [0, 0.1) is 0 Å². The molecule has 1 N–H and O–H groups in total. The maximum absolute atomic E-state index is 5.09. The SMILES string of the molecule is COCC(C)Nc1snc2ccccc12. The molecule has 4 heteroatoms. The van der Waals surface area contributed by atoms with Crippen LogP contribution in [0.1, 0.15) is 6.92 Å². The second-order valence-corrected chi connectivity index (χ2v) is 4.30. The summed E-state index contributed by atoms with van der Waals surface area (Å²) in [7, 11) is 1.71. The third kappa shape index (κ3) is 2.27. The first-order valence-electron chi connectivity index (χ1n) is 4.91. The molecular weight excluding hydrogens is 208 g/mol. The number of methoxy groups -OCH3 is 1. The topological polar surface area (TPSA) is 34.1 Å². The van der Waals surface area contributed by atoms with Gasteiger partial charge in [0.05, 0.1) is 12.1 Å². The minimum atomic E-state index is 0.304. The second-order valence-electron chi connectivity index (χ2n) is 3.53. The van der Waals surface area contributed by atoms with Gasteiger partial charge < -0.3 is 10.1 Å². The molecule has 1 aromatic heterocycles. The number of rotatable bonds is 4. The summed E-state index contributed by atoms with van der Waals surface area (Å²) in [6.45, 7) is 2.80. The van der Waals surface area contributed by atoms with Gasteiger partial charge in [0.25, 0.3) is 0 Å². The Morgan fingerprint density at radius 1 is 1.47 bits per heavy atom. The summed E-state index contributed by atoms with van der Waals surface area (Å²) >= 11 is 1.50. The van der Waals surface area contributed by atoms with E-state index >= 15 is 0 Å². The van der Waals surface area contributed by atoms with Gasteiger partial charge in [-0.2, -0.15) is 4.37 Å². The zero-order chi connectivity index (χ0) is 10.7. The lowest BCUT2D eigenvalue weighted by atomic mass is 10.2. The molecule has 0 aliphatic carbocycles. The number of nitrogens with one attached hydrogen (secondary N) is 1. The maximum Gasteiger partial charge on any atom is 0.117 e. The van der Waals surface area contributed by atoms with E-state index in [0.717, 1.165) is 10.5 Å². The van der Waals surface area contributed by atoms with Crippen LogP contribution in [0.25, 0.3) is 10.9 Å². The van der Waals surface area contributed by atoms with E-state index in [4.69, 9.17) is 4.74 Å². The van der Waals surface area contributed by atoms with Gasteiger partial charge in [0.2, 0.25) is 0 Å².